The van der Waals surface area contributed by atoms with Gasteiger partial charge in [-0.2, -0.15) is 4.52 Å². The molecule has 0 spiro atoms. The zero-order valence-corrected chi connectivity index (χ0v) is 13.8. The summed E-state index contributed by atoms with van der Waals surface area (Å²) >= 11 is 0. The molecule has 2 aliphatic rings. The number of carbonyl (C=O) groups is 1. The van der Waals surface area contributed by atoms with Crippen molar-refractivity contribution in [2.24, 2.45) is 0 Å². The molecule has 1 saturated heterocycles. The Bertz CT molecular complexity index is 733. The van der Waals surface area contributed by atoms with E-state index in [2.05, 4.69) is 20.4 Å². The fraction of sp³-hybridized carbons (Fsp3) is 0.625. The molecule has 1 amide bonds. The number of aromatic nitrogens is 4. The maximum Gasteiger partial charge on any atom is 0.407 e. The highest BCUT2D eigenvalue weighted by Crippen LogP contribution is 2.38. The van der Waals surface area contributed by atoms with Gasteiger partial charge in [0.2, 0.25) is 0 Å². The molecule has 0 radical (unpaired) electrons. The van der Waals surface area contributed by atoms with E-state index in [0.717, 1.165) is 43.2 Å². The number of anilines is 1. The lowest BCUT2D eigenvalue weighted by Crippen LogP contribution is -2.45. The highest BCUT2D eigenvalue weighted by Gasteiger charge is 2.29. The predicted octanol–water partition coefficient (Wildman–Crippen LogP) is 1.72. The molecule has 8 nitrogen and oxygen atoms in total. The Morgan fingerprint density at radius 3 is 2.75 bits per heavy atom. The maximum absolute atomic E-state index is 11.5. The number of ether oxygens (including phenoxy) is 1. The SMILES string of the molecule is CCOC(=O)NC1CCN(c2ccc3nnc(C4CC4)n3n2)CC1. The molecule has 2 aromatic heterocycles. The van der Waals surface area contributed by atoms with Crippen LogP contribution in [0, 0.1) is 0 Å². The maximum atomic E-state index is 11.5. The molecule has 0 aromatic carbocycles. The van der Waals surface area contributed by atoms with E-state index in [0.29, 0.717) is 12.5 Å². The molecular formula is C16H22N6O2. The monoisotopic (exact) mass is 330 g/mol. The number of hydrogen-bond acceptors (Lipinski definition) is 6. The summed E-state index contributed by atoms with van der Waals surface area (Å²) in [5.74, 6) is 2.44. The molecule has 4 rings (SSSR count). The van der Waals surface area contributed by atoms with Crippen molar-refractivity contribution < 1.29 is 9.53 Å². The minimum Gasteiger partial charge on any atom is -0.450 e. The van der Waals surface area contributed by atoms with E-state index >= 15 is 0 Å². The average Bonchev–Trinajstić information content (AvgIpc) is 3.35. The van der Waals surface area contributed by atoms with Gasteiger partial charge in [-0.1, -0.05) is 0 Å². The first kappa shape index (κ1) is 15.2. The first-order chi connectivity index (χ1) is 11.7. The van der Waals surface area contributed by atoms with E-state index in [9.17, 15) is 4.79 Å². The van der Waals surface area contributed by atoms with Gasteiger partial charge in [0.15, 0.2) is 11.5 Å². The van der Waals surface area contributed by atoms with E-state index in [1.54, 1.807) is 0 Å². The first-order valence-electron chi connectivity index (χ1n) is 8.65. The van der Waals surface area contributed by atoms with Crippen LogP contribution in [0.4, 0.5) is 10.6 Å². The molecule has 1 N–H and O–H groups in total. The van der Waals surface area contributed by atoms with Crippen molar-refractivity contribution in [1.29, 1.82) is 0 Å². The molecule has 0 atom stereocenters. The summed E-state index contributed by atoms with van der Waals surface area (Å²) in [6, 6.07) is 4.14. The van der Waals surface area contributed by atoms with Crippen LogP contribution < -0.4 is 10.2 Å². The van der Waals surface area contributed by atoms with Crippen LogP contribution in [-0.2, 0) is 4.74 Å². The van der Waals surface area contributed by atoms with Crippen LogP contribution in [0.1, 0.15) is 44.3 Å². The van der Waals surface area contributed by atoms with Crippen LogP contribution in [0.25, 0.3) is 5.65 Å². The van der Waals surface area contributed by atoms with Crippen LogP contribution in [0.5, 0.6) is 0 Å². The Kier molecular flexibility index (Phi) is 3.95. The number of rotatable bonds is 4. The van der Waals surface area contributed by atoms with Crippen molar-refractivity contribution in [3.8, 4) is 0 Å². The van der Waals surface area contributed by atoms with Gasteiger partial charge in [-0.05, 0) is 44.7 Å². The number of alkyl carbamates (subject to hydrolysis) is 1. The van der Waals surface area contributed by atoms with Gasteiger partial charge in [0.05, 0.1) is 6.61 Å². The van der Waals surface area contributed by atoms with Gasteiger partial charge in [0, 0.05) is 25.0 Å². The second-order valence-electron chi connectivity index (χ2n) is 6.42. The second kappa shape index (κ2) is 6.26. The third-order valence-electron chi connectivity index (χ3n) is 4.63. The number of nitrogens with one attached hydrogen (secondary N) is 1. The minimum absolute atomic E-state index is 0.168. The molecule has 1 aliphatic carbocycles. The van der Waals surface area contributed by atoms with Gasteiger partial charge in [-0.25, -0.2) is 4.79 Å². The fourth-order valence-corrected chi connectivity index (χ4v) is 3.15. The number of nitrogens with zero attached hydrogens (tertiary/aromatic N) is 5. The summed E-state index contributed by atoms with van der Waals surface area (Å²) in [6.07, 6.45) is 3.80. The molecule has 128 valence electrons. The Hall–Kier alpha value is -2.38. The minimum atomic E-state index is -0.325. The quantitative estimate of drug-likeness (QED) is 0.919. The van der Waals surface area contributed by atoms with Gasteiger partial charge in [-0.15, -0.1) is 15.3 Å². The number of piperidine rings is 1. The summed E-state index contributed by atoms with van der Waals surface area (Å²) in [4.78, 5) is 13.8. The largest absolute Gasteiger partial charge is 0.450 e. The number of hydrogen-bond donors (Lipinski definition) is 1. The van der Waals surface area contributed by atoms with Crippen molar-refractivity contribution in [2.45, 2.75) is 44.6 Å². The zero-order chi connectivity index (χ0) is 16.5. The molecule has 1 aliphatic heterocycles. The zero-order valence-electron chi connectivity index (χ0n) is 13.8. The third kappa shape index (κ3) is 3.00. The average molecular weight is 330 g/mol. The van der Waals surface area contributed by atoms with Crippen LogP contribution in [0.2, 0.25) is 0 Å². The van der Waals surface area contributed by atoms with E-state index in [1.165, 1.54) is 12.8 Å². The van der Waals surface area contributed by atoms with Crippen LogP contribution in [-0.4, -0.2) is 51.6 Å². The number of amides is 1. The lowest BCUT2D eigenvalue weighted by Gasteiger charge is -2.32. The van der Waals surface area contributed by atoms with Crippen LogP contribution in [0.3, 0.4) is 0 Å². The Labute approximate surface area is 140 Å². The highest BCUT2D eigenvalue weighted by molar-refractivity contribution is 5.67. The molecule has 3 heterocycles. The Morgan fingerprint density at radius 2 is 2.04 bits per heavy atom. The molecule has 1 saturated carbocycles. The highest BCUT2D eigenvalue weighted by atomic mass is 16.5. The summed E-state index contributed by atoms with van der Waals surface area (Å²) in [5, 5.41) is 16.1. The van der Waals surface area contributed by atoms with Gasteiger partial charge in [-0.3, -0.25) is 0 Å². The lowest BCUT2D eigenvalue weighted by molar-refractivity contribution is 0.146. The van der Waals surface area contributed by atoms with Gasteiger partial charge >= 0.3 is 6.09 Å². The van der Waals surface area contributed by atoms with Crippen molar-refractivity contribution >= 4 is 17.6 Å². The van der Waals surface area contributed by atoms with Gasteiger partial charge in [0.1, 0.15) is 5.82 Å². The fourth-order valence-electron chi connectivity index (χ4n) is 3.15. The second-order valence-corrected chi connectivity index (χ2v) is 6.42. The van der Waals surface area contributed by atoms with E-state index in [-0.39, 0.29) is 12.1 Å². The Balaban J connectivity index is 1.43. The molecular weight excluding hydrogens is 308 g/mol. The van der Waals surface area contributed by atoms with E-state index < -0.39 is 0 Å². The van der Waals surface area contributed by atoms with Crippen molar-refractivity contribution in [1.82, 2.24) is 25.1 Å². The van der Waals surface area contributed by atoms with Crippen molar-refractivity contribution in [3.63, 3.8) is 0 Å². The summed E-state index contributed by atoms with van der Waals surface area (Å²) in [6.45, 7) is 3.93. The molecule has 2 aromatic rings. The number of fused-ring (bicyclic) bond motifs is 1. The summed E-state index contributed by atoms with van der Waals surface area (Å²) in [5.41, 5.74) is 0.805. The van der Waals surface area contributed by atoms with Gasteiger partial charge < -0.3 is 15.0 Å². The predicted molar refractivity (Wildman–Crippen MR) is 88.1 cm³/mol. The normalized spacial score (nSPS) is 18.8. The smallest absolute Gasteiger partial charge is 0.407 e. The third-order valence-corrected chi connectivity index (χ3v) is 4.63. The van der Waals surface area contributed by atoms with Crippen LogP contribution >= 0.6 is 0 Å². The Morgan fingerprint density at radius 1 is 1.25 bits per heavy atom. The van der Waals surface area contributed by atoms with E-state index in [4.69, 9.17) is 9.84 Å². The topological polar surface area (TPSA) is 84.6 Å². The first-order valence-corrected chi connectivity index (χ1v) is 8.65. The number of carbonyl (C=O) groups excluding carboxylic acids is 1. The molecule has 0 bridgehead atoms. The van der Waals surface area contributed by atoms with E-state index in [1.807, 2.05) is 23.6 Å². The van der Waals surface area contributed by atoms with Crippen molar-refractivity contribution in [3.05, 3.63) is 18.0 Å². The molecule has 24 heavy (non-hydrogen) atoms. The van der Waals surface area contributed by atoms with Crippen LogP contribution in [0.15, 0.2) is 12.1 Å². The molecule has 2 fully saturated rings. The molecule has 0 unspecified atom stereocenters. The summed E-state index contributed by atoms with van der Waals surface area (Å²) in [7, 11) is 0. The molecule has 8 heteroatoms. The van der Waals surface area contributed by atoms with Crippen molar-refractivity contribution in [2.75, 3.05) is 24.6 Å². The standard InChI is InChI=1S/C16H22N6O2/c1-2-24-16(23)17-12-7-9-21(10-8-12)14-6-5-13-18-19-15(11-3-4-11)22(13)20-14/h5-6,11-12H,2-4,7-10H2,1H3,(H,17,23). The lowest BCUT2D eigenvalue weighted by atomic mass is 10.1. The summed E-state index contributed by atoms with van der Waals surface area (Å²) < 4.78 is 6.83. The van der Waals surface area contributed by atoms with Gasteiger partial charge in [0.25, 0.3) is 0 Å².